The lowest BCUT2D eigenvalue weighted by Gasteiger charge is -2.44. The Labute approximate surface area is 246 Å². The van der Waals surface area contributed by atoms with Crippen molar-refractivity contribution in [2.24, 2.45) is 4.99 Å². The fraction of sp³-hybridized carbons (Fsp3) is 0.323. The summed E-state index contributed by atoms with van der Waals surface area (Å²) in [5.74, 6) is -2.38. The molecule has 0 aliphatic carbocycles. The Morgan fingerprint density at radius 1 is 1.12 bits per heavy atom. The van der Waals surface area contributed by atoms with E-state index in [1.54, 1.807) is 17.2 Å². The Hall–Kier alpha value is -3.83. The molecule has 1 saturated heterocycles. The van der Waals surface area contributed by atoms with E-state index in [0.717, 1.165) is 6.07 Å². The third kappa shape index (κ3) is 4.37. The number of piperazine rings is 1. The van der Waals surface area contributed by atoms with Crippen LogP contribution in [0.2, 0.25) is 0 Å². The summed E-state index contributed by atoms with van der Waals surface area (Å²) in [6.45, 7) is 10.3. The van der Waals surface area contributed by atoms with E-state index >= 15 is 13.2 Å². The average molecular weight is 594 g/mol. The van der Waals surface area contributed by atoms with Crippen molar-refractivity contribution in [3.05, 3.63) is 83.5 Å². The van der Waals surface area contributed by atoms with Crippen molar-refractivity contribution >= 4 is 34.9 Å². The first-order valence-corrected chi connectivity index (χ1v) is 14.7. The van der Waals surface area contributed by atoms with Crippen LogP contribution in [-0.2, 0) is 4.79 Å². The quantitative estimate of drug-likeness (QED) is 0.399. The molecular formula is C31H30F3N5O2S. The third-order valence-electron chi connectivity index (χ3n) is 7.99. The number of pyridine rings is 1. The number of nitrogens with zero attached hydrogens (tertiary/aromatic N) is 5. The molecule has 218 valence electrons. The Kier molecular flexibility index (Phi) is 7.26. The van der Waals surface area contributed by atoms with Crippen LogP contribution >= 0.6 is 11.8 Å². The maximum absolute atomic E-state index is 17.0. The van der Waals surface area contributed by atoms with Gasteiger partial charge in [0.2, 0.25) is 12.3 Å². The molecule has 3 aliphatic heterocycles. The number of carbonyl (C=O) groups excluding carboxylic acids is 1. The zero-order chi connectivity index (χ0) is 29.9. The van der Waals surface area contributed by atoms with Crippen LogP contribution in [0.15, 0.2) is 59.1 Å². The van der Waals surface area contributed by atoms with Gasteiger partial charge in [0.05, 0.1) is 39.1 Å². The molecule has 0 saturated carbocycles. The molecule has 4 heterocycles. The van der Waals surface area contributed by atoms with Crippen LogP contribution < -0.4 is 4.90 Å². The smallest absolute Gasteiger partial charge is 0.246 e. The predicted molar refractivity (Wildman–Crippen MR) is 157 cm³/mol. The molecule has 1 fully saturated rings. The second-order valence-corrected chi connectivity index (χ2v) is 11.9. The molecular weight excluding hydrogens is 563 g/mol. The zero-order valence-corrected chi connectivity index (χ0v) is 24.3. The number of hydrogen-bond acceptors (Lipinski definition) is 7. The number of halogens is 3. The summed E-state index contributed by atoms with van der Waals surface area (Å²) >= 11 is 1.17. The fourth-order valence-corrected chi connectivity index (χ4v) is 7.22. The van der Waals surface area contributed by atoms with Gasteiger partial charge >= 0.3 is 0 Å². The number of hydrogen-bond donors (Lipinski definition) is 1. The summed E-state index contributed by atoms with van der Waals surface area (Å²) in [5.41, 5.74) is 1.16. The molecule has 2 atom stereocenters. The molecule has 0 bridgehead atoms. The molecule has 6 rings (SSSR count). The van der Waals surface area contributed by atoms with E-state index in [0.29, 0.717) is 42.3 Å². The number of benzene rings is 2. The van der Waals surface area contributed by atoms with Gasteiger partial charge in [0.25, 0.3) is 0 Å². The number of aliphatic hydroxyl groups excluding tert-OH is 1. The molecule has 2 unspecified atom stereocenters. The first-order valence-electron chi connectivity index (χ1n) is 13.8. The Morgan fingerprint density at radius 2 is 1.88 bits per heavy atom. The summed E-state index contributed by atoms with van der Waals surface area (Å²) in [7, 11) is 0. The van der Waals surface area contributed by atoms with Crippen LogP contribution in [0.5, 0.6) is 0 Å². The van der Waals surface area contributed by atoms with Crippen LogP contribution in [0.25, 0.3) is 11.1 Å². The lowest BCUT2D eigenvalue weighted by atomic mass is 9.95. The number of rotatable bonds is 4. The first kappa shape index (κ1) is 28.3. The van der Waals surface area contributed by atoms with Crippen LogP contribution in [0, 0.1) is 24.4 Å². The molecule has 2 aromatic carbocycles. The van der Waals surface area contributed by atoms with E-state index in [-0.39, 0.29) is 45.4 Å². The van der Waals surface area contributed by atoms with Gasteiger partial charge in [0, 0.05) is 37.1 Å². The van der Waals surface area contributed by atoms with Crippen molar-refractivity contribution in [2.45, 2.75) is 44.0 Å². The van der Waals surface area contributed by atoms with E-state index < -0.39 is 29.4 Å². The van der Waals surface area contributed by atoms with E-state index in [1.807, 2.05) is 25.7 Å². The van der Waals surface area contributed by atoms with Crippen molar-refractivity contribution in [1.82, 2.24) is 14.8 Å². The summed E-state index contributed by atoms with van der Waals surface area (Å²) < 4.78 is 48.7. The van der Waals surface area contributed by atoms with Crippen molar-refractivity contribution in [3.8, 4) is 11.1 Å². The van der Waals surface area contributed by atoms with Crippen LogP contribution in [0.4, 0.5) is 24.5 Å². The zero-order valence-electron chi connectivity index (χ0n) is 23.4. The van der Waals surface area contributed by atoms with Gasteiger partial charge in [-0.1, -0.05) is 38.6 Å². The lowest BCUT2D eigenvalue weighted by Crippen LogP contribution is -2.58. The van der Waals surface area contributed by atoms with Crippen LogP contribution in [0.1, 0.15) is 36.6 Å². The van der Waals surface area contributed by atoms with Gasteiger partial charge in [0.1, 0.15) is 17.5 Å². The van der Waals surface area contributed by atoms with Crippen LogP contribution in [0.3, 0.4) is 0 Å². The third-order valence-corrected chi connectivity index (χ3v) is 9.21. The summed E-state index contributed by atoms with van der Waals surface area (Å²) in [5, 5.41) is 11.7. The van der Waals surface area contributed by atoms with E-state index in [4.69, 9.17) is 0 Å². The van der Waals surface area contributed by atoms with Crippen LogP contribution in [-0.4, -0.2) is 69.4 Å². The minimum atomic E-state index is -1.58. The van der Waals surface area contributed by atoms with Crippen molar-refractivity contribution < 1.29 is 23.1 Å². The first-order chi connectivity index (χ1) is 20.1. The minimum Gasteiger partial charge on any atom is -0.355 e. The molecule has 3 aliphatic rings. The van der Waals surface area contributed by atoms with Gasteiger partial charge in [-0.15, -0.1) is 11.8 Å². The van der Waals surface area contributed by atoms with Gasteiger partial charge in [-0.25, -0.2) is 18.2 Å². The minimum absolute atomic E-state index is 0.0853. The fourth-order valence-electron chi connectivity index (χ4n) is 6.01. The van der Waals surface area contributed by atoms with E-state index in [1.165, 1.54) is 40.9 Å². The normalized spacial score (nSPS) is 19.7. The highest BCUT2D eigenvalue weighted by molar-refractivity contribution is 7.99. The number of amidine groups is 1. The molecule has 42 heavy (non-hydrogen) atoms. The van der Waals surface area contributed by atoms with Gasteiger partial charge in [-0.2, -0.15) is 0 Å². The number of aromatic nitrogens is 1. The van der Waals surface area contributed by atoms with Crippen molar-refractivity contribution in [2.75, 3.05) is 30.3 Å². The molecule has 1 aromatic heterocycles. The van der Waals surface area contributed by atoms with Crippen molar-refractivity contribution in [1.29, 1.82) is 0 Å². The number of fused-ring (bicyclic) bond motifs is 2. The highest BCUT2D eigenvalue weighted by Crippen LogP contribution is 2.50. The number of aryl methyl sites for hydroxylation is 1. The largest absolute Gasteiger partial charge is 0.355 e. The maximum Gasteiger partial charge on any atom is 0.246 e. The number of aliphatic hydroxyl groups is 1. The predicted octanol–water partition coefficient (Wildman–Crippen LogP) is 5.58. The maximum atomic E-state index is 17.0. The summed E-state index contributed by atoms with van der Waals surface area (Å²) in [4.78, 5) is 26.6. The van der Waals surface area contributed by atoms with Gasteiger partial charge in [0.15, 0.2) is 5.82 Å². The Morgan fingerprint density at radius 3 is 2.60 bits per heavy atom. The molecule has 1 N–H and O–H groups in total. The lowest BCUT2D eigenvalue weighted by molar-refractivity contribution is -0.128. The highest BCUT2D eigenvalue weighted by atomic mass is 32.2. The summed E-state index contributed by atoms with van der Waals surface area (Å²) in [6.07, 6.45) is 1.33. The monoisotopic (exact) mass is 593 g/mol. The number of anilines is 2. The molecule has 7 nitrogen and oxygen atoms in total. The SMILES string of the molecule is C=CC(=O)N1CCN2C3=NC(O)N(c4c(C)ccnc4C(C)C)c4c(F)c(-c5ccccc5F)c(F)c(c43)SCC2C1. The van der Waals surface area contributed by atoms with Gasteiger partial charge in [-0.3, -0.25) is 14.7 Å². The van der Waals surface area contributed by atoms with Gasteiger partial charge in [-0.05, 0) is 36.6 Å². The number of thioether (sulfide) groups is 1. The summed E-state index contributed by atoms with van der Waals surface area (Å²) in [6, 6.07) is 6.94. The molecule has 3 aromatic rings. The molecule has 11 heteroatoms. The van der Waals surface area contributed by atoms with Crippen molar-refractivity contribution in [3.63, 3.8) is 0 Å². The molecule has 0 radical (unpaired) electrons. The molecule has 1 amide bonds. The standard InChI is InChI=1S/C31H30F3N5O2S/c1-5-21(40)37-12-13-38-18(14-37)15-42-29-23-28(24(33)22(25(29)34)19-8-6-7-9-20(19)32)39(31(41)36-30(23)38)27-17(4)10-11-35-26(27)16(2)3/h5-11,16,18,31,41H,1,12-15H2,2-4H3. The number of aliphatic imine (C=N–C) groups is 1. The van der Waals surface area contributed by atoms with E-state index in [2.05, 4.69) is 16.6 Å². The van der Waals surface area contributed by atoms with E-state index in [9.17, 15) is 9.90 Å². The number of amides is 1. The average Bonchev–Trinajstić information content (AvgIpc) is 3.13. The van der Waals surface area contributed by atoms with Gasteiger partial charge < -0.3 is 14.9 Å². The molecule has 0 spiro atoms. The second-order valence-electron chi connectivity index (χ2n) is 10.9. The second kappa shape index (κ2) is 10.8. The Bertz CT molecular complexity index is 1650. The topological polar surface area (TPSA) is 72.3 Å². The number of carbonyl (C=O) groups is 1. The highest BCUT2D eigenvalue weighted by Gasteiger charge is 2.44. The Balaban J connectivity index is 1.65.